The summed E-state index contributed by atoms with van der Waals surface area (Å²) >= 11 is 0. The molecule has 0 N–H and O–H groups in total. The van der Waals surface area contributed by atoms with Crippen LogP contribution >= 0.6 is 0 Å². The highest BCUT2D eigenvalue weighted by Gasteiger charge is 2.15. The van der Waals surface area contributed by atoms with Crippen LogP contribution in [0.3, 0.4) is 0 Å². The second-order valence-corrected chi connectivity index (χ2v) is 13.5. The predicted octanol–water partition coefficient (Wildman–Crippen LogP) is 12.7. The van der Waals surface area contributed by atoms with E-state index < -0.39 is 0 Å². The van der Waals surface area contributed by atoms with Crippen molar-refractivity contribution in [2.24, 2.45) is 0 Å². The molecule has 0 bridgehead atoms. The molecular formula is C50H32N4. The van der Waals surface area contributed by atoms with E-state index in [1.54, 1.807) is 0 Å². The molecule has 7 aromatic carbocycles. The van der Waals surface area contributed by atoms with E-state index in [0.29, 0.717) is 0 Å². The topological polar surface area (TPSA) is 51.6 Å². The van der Waals surface area contributed by atoms with E-state index in [-0.39, 0.29) is 0 Å². The minimum Gasteiger partial charge on any atom is -0.245 e. The van der Waals surface area contributed by atoms with E-state index in [1.165, 1.54) is 11.1 Å². The molecule has 54 heavy (non-hydrogen) atoms. The second kappa shape index (κ2) is 13.4. The van der Waals surface area contributed by atoms with Gasteiger partial charge < -0.3 is 0 Å². The Bertz CT molecular complexity index is 2980. The Morgan fingerprint density at radius 1 is 0.241 bits per heavy atom. The maximum atomic E-state index is 5.26. The number of rotatable bonds is 6. The summed E-state index contributed by atoms with van der Waals surface area (Å²) in [4.78, 5) is 20.8. The lowest BCUT2D eigenvalue weighted by Crippen LogP contribution is -1.96. The van der Waals surface area contributed by atoms with Crippen molar-refractivity contribution in [2.45, 2.75) is 0 Å². The molecule has 252 valence electrons. The number of fused-ring (bicyclic) bond motifs is 4. The molecule has 0 amide bonds. The van der Waals surface area contributed by atoms with Crippen LogP contribution in [-0.4, -0.2) is 19.9 Å². The quantitative estimate of drug-likeness (QED) is 0.163. The van der Waals surface area contributed by atoms with E-state index in [9.17, 15) is 0 Å². The van der Waals surface area contributed by atoms with Crippen LogP contribution in [0.4, 0.5) is 0 Å². The number of pyridine rings is 2. The van der Waals surface area contributed by atoms with E-state index in [0.717, 1.165) is 89.0 Å². The van der Waals surface area contributed by atoms with E-state index in [2.05, 4.69) is 152 Å². The lowest BCUT2D eigenvalue weighted by molar-refractivity contribution is 1.29. The highest BCUT2D eigenvalue weighted by molar-refractivity contribution is 6.04. The minimum absolute atomic E-state index is 0.850. The maximum absolute atomic E-state index is 5.26. The lowest BCUT2D eigenvalue weighted by atomic mass is 9.99. The molecule has 0 saturated heterocycles. The van der Waals surface area contributed by atoms with Crippen molar-refractivity contribution >= 4 is 32.8 Å². The van der Waals surface area contributed by atoms with Gasteiger partial charge in [0.2, 0.25) is 0 Å². The van der Waals surface area contributed by atoms with Gasteiger partial charge in [-0.3, -0.25) is 0 Å². The molecule has 0 aliphatic rings. The Morgan fingerprint density at radius 2 is 0.648 bits per heavy atom. The first-order valence-corrected chi connectivity index (χ1v) is 18.1. The number of hydrogen-bond acceptors (Lipinski definition) is 4. The SMILES string of the molecule is c1ccc(-c2cccc(-c3ccc4ccc5ccc(-c6cccc(-c7ccc8nc(-c9ccccc9)c(-c9ccccc9)nc8c7)c6)nc5c4n3)c2)cc1. The molecule has 0 fully saturated rings. The van der Waals surface area contributed by atoms with E-state index >= 15 is 0 Å². The van der Waals surface area contributed by atoms with Gasteiger partial charge >= 0.3 is 0 Å². The summed E-state index contributed by atoms with van der Waals surface area (Å²) in [5, 5.41) is 2.12. The Balaban J connectivity index is 1.04. The Kier molecular flexibility index (Phi) is 7.77. The summed E-state index contributed by atoms with van der Waals surface area (Å²) in [7, 11) is 0. The zero-order valence-electron chi connectivity index (χ0n) is 29.3. The summed E-state index contributed by atoms with van der Waals surface area (Å²) in [6.07, 6.45) is 0. The van der Waals surface area contributed by atoms with Gasteiger partial charge in [-0.05, 0) is 58.7 Å². The van der Waals surface area contributed by atoms with Crippen molar-refractivity contribution in [1.82, 2.24) is 19.9 Å². The Labute approximate surface area is 313 Å². The van der Waals surface area contributed by atoms with Crippen LogP contribution < -0.4 is 0 Å². The van der Waals surface area contributed by atoms with Crippen molar-refractivity contribution in [3.63, 3.8) is 0 Å². The fourth-order valence-corrected chi connectivity index (χ4v) is 7.26. The fraction of sp³-hybridized carbons (Fsp3) is 0. The van der Waals surface area contributed by atoms with Gasteiger partial charge in [-0.1, -0.05) is 158 Å². The van der Waals surface area contributed by atoms with Crippen molar-refractivity contribution in [2.75, 3.05) is 0 Å². The van der Waals surface area contributed by atoms with Gasteiger partial charge in [0.25, 0.3) is 0 Å². The number of hydrogen-bond donors (Lipinski definition) is 0. The van der Waals surface area contributed by atoms with Gasteiger partial charge in [0.1, 0.15) is 0 Å². The smallest absolute Gasteiger partial charge is 0.0973 e. The largest absolute Gasteiger partial charge is 0.245 e. The lowest BCUT2D eigenvalue weighted by Gasteiger charge is -2.12. The normalized spacial score (nSPS) is 11.3. The van der Waals surface area contributed by atoms with Crippen LogP contribution in [0.25, 0.3) is 100 Å². The monoisotopic (exact) mass is 688 g/mol. The van der Waals surface area contributed by atoms with Crippen LogP contribution in [0.2, 0.25) is 0 Å². The molecule has 0 unspecified atom stereocenters. The first-order valence-electron chi connectivity index (χ1n) is 18.1. The van der Waals surface area contributed by atoms with Gasteiger partial charge in [0.15, 0.2) is 0 Å². The third-order valence-electron chi connectivity index (χ3n) is 10.0. The van der Waals surface area contributed by atoms with Crippen molar-refractivity contribution < 1.29 is 0 Å². The fourth-order valence-electron chi connectivity index (χ4n) is 7.26. The third kappa shape index (κ3) is 5.86. The zero-order chi connectivity index (χ0) is 35.8. The molecule has 10 aromatic rings. The van der Waals surface area contributed by atoms with Crippen LogP contribution in [0.15, 0.2) is 194 Å². The summed E-state index contributed by atoms with van der Waals surface area (Å²) in [6.45, 7) is 0. The van der Waals surface area contributed by atoms with Crippen molar-refractivity contribution in [3.8, 4) is 67.3 Å². The molecule has 0 radical (unpaired) electrons. The molecule has 0 atom stereocenters. The first kappa shape index (κ1) is 31.4. The molecule has 10 rings (SSSR count). The molecule has 0 spiro atoms. The zero-order valence-corrected chi connectivity index (χ0v) is 29.3. The van der Waals surface area contributed by atoms with E-state index in [4.69, 9.17) is 19.9 Å². The highest BCUT2D eigenvalue weighted by atomic mass is 14.8. The molecule has 0 aliphatic heterocycles. The van der Waals surface area contributed by atoms with Crippen LogP contribution in [0.1, 0.15) is 0 Å². The van der Waals surface area contributed by atoms with Crippen LogP contribution in [0.5, 0.6) is 0 Å². The van der Waals surface area contributed by atoms with Crippen LogP contribution in [0, 0.1) is 0 Å². The van der Waals surface area contributed by atoms with Crippen molar-refractivity contribution in [3.05, 3.63) is 194 Å². The summed E-state index contributed by atoms with van der Waals surface area (Å²) in [5.74, 6) is 0. The summed E-state index contributed by atoms with van der Waals surface area (Å²) in [5.41, 5.74) is 15.8. The molecule has 4 heteroatoms. The maximum Gasteiger partial charge on any atom is 0.0973 e. The number of nitrogens with zero attached hydrogens (tertiary/aromatic N) is 4. The molecule has 0 aliphatic carbocycles. The average molecular weight is 689 g/mol. The Hall–Kier alpha value is -7.30. The minimum atomic E-state index is 0.850. The van der Waals surface area contributed by atoms with Gasteiger partial charge in [0, 0.05) is 33.0 Å². The molecule has 4 nitrogen and oxygen atoms in total. The van der Waals surface area contributed by atoms with E-state index in [1.807, 2.05) is 42.5 Å². The standard InChI is InChI=1S/C50H32N4/c1-4-12-33(13-5-1)38-18-10-20-41(30-38)43-27-24-36-22-23-37-25-28-44(52-50(37)49(36)51-43)42-21-11-19-39(31-42)40-26-29-45-46(32-40)54-48(35-16-8-3-9-17-35)47(53-45)34-14-6-2-7-15-34/h1-32H. The molecule has 3 aromatic heterocycles. The molecule has 0 saturated carbocycles. The predicted molar refractivity (Wildman–Crippen MR) is 223 cm³/mol. The van der Waals surface area contributed by atoms with Gasteiger partial charge in [-0.25, -0.2) is 19.9 Å². The van der Waals surface area contributed by atoms with Crippen molar-refractivity contribution in [1.29, 1.82) is 0 Å². The highest BCUT2D eigenvalue weighted by Crippen LogP contribution is 2.35. The molecule has 3 heterocycles. The summed E-state index contributed by atoms with van der Waals surface area (Å²) < 4.78 is 0. The Morgan fingerprint density at radius 3 is 1.19 bits per heavy atom. The second-order valence-electron chi connectivity index (χ2n) is 13.5. The first-order chi connectivity index (χ1) is 26.7. The number of benzene rings is 7. The third-order valence-corrected chi connectivity index (χ3v) is 10.0. The van der Waals surface area contributed by atoms with Gasteiger partial charge in [-0.15, -0.1) is 0 Å². The number of aromatic nitrogens is 4. The van der Waals surface area contributed by atoms with Crippen LogP contribution in [-0.2, 0) is 0 Å². The van der Waals surface area contributed by atoms with Gasteiger partial charge in [0.05, 0.1) is 44.8 Å². The molecular weight excluding hydrogens is 657 g/mol. The summed E-state index contributed by atoms with van der Waals surface area (Å²) in [6, 6.07) is 67.3. The average Bonchev–Trinajstić information content (AvgIpc) is 3.26. The van der Waals surface area contributed by atoms with Gasteiger partial charge in [-0.2, -0.15) is 0 Å².